The maximum atomic E-state index is 10.6. The van der Waals surface area contributed by atoms with Gasteiger partial charge in [0.15, 0.2) is 0 Å². The molecule has 1 N–H and O–H groups in total. The third kappa shape index (κ3) is 6.32. The van der Waals surface area contributed by atoms with Crippen LogP contribution in [0.15, 0.2) is 77.4 Å². The van der Waals surface area contributed by atoms with Crippen LogP contribution in [0.25, 0.3) is 5.69 Å². The van der Waals surface area contributed by atoms with E-state index in [1.54, 1.807) is 13.4 Å². The molecule has 4 aromatic rings. The summed E-state index contributed by atoms with van der Waals surface area (Å²) in [7, 11) is 1.64. The lowest BCUT2D eigenvalue weighted by molar-refractivity contribution is 0.0927. The minimum Gasteiger partial charge on any atom is -0.497 e. The largest absolute Gasteiger partial charge is 0.497 e. The van der Waals surface area contributed by atoms with Crippen LogP contribution in [0.1, 0.15) is 36.8 Å². The van der Waals surface area contributed by atoms with Crippen molar-refractivity contribution in [2.45, 2.75) is 45.9 Å². The number of hydrogen-bond acceptors (Lipinski definition) is 6. The second-order valence-corrected chi connectivity index (χ2v) is 8.59. The Hall–Kier alpha value is -3.55. The standard InChI is InChI=1S/C28H33N3O4/c1-4-9-23(32)18-30(19-26-12-8-17-34-26)20-27-21(2)29-31(22-10-6-5-7-11-22)28(27)35-25-15-13-24(33-3)14-16-25/h5-8,10-17,23,32H,4,9,18-20H2,1-3H3/t23-/m0/s1. The molecule has 2 aromatic carbocycles. The van der Waals surface area contributed by atoms with Crippen molar-refractivity contribution in [3.8, 4) is 23.1 Å². The zero-order valence-corrected chi connectivity index (χ0v) is 20.6. The fourth-order valence-corrected chi connectivity index (χ4v) is 4.08. The first kappa shape index (κ1) is 24.6. The highest BCUT2D eigenvalue weighted by atomic mass is 16.5. The number of aromatic nitrogens is 2. The lowest BCUT2D eigenvalue weighted by Gasteiger charge is -2.24. The van der Waals surface area contributed by atoms with Gasteiger partial charge in [-0.2, -0.15) is 5.10 Å². The molecule has 0 aliphatic heterocycles. The van der Waals surface area contributed by atoms with E-state index in [2.05, 4.69) is 11.8 Å². The van der Waals surface area contributed by atoms with E-state index in [0.29, 0.717) is 31.3 Å². The van der Waals surface area contributed by atoms with Crippen LogP contribution in [0.3, 0.4) is 0 Å². The number of furan rings is 1. The Morgan fingerprint density at radius 3 is 2.40 bits per heavy atom. The molecule has 2 aromatic heterocycles. The average Bonchev–Trinajstić information content (AvgIpc) is 3.49. The van der Waals surface area contributed by atoms with Crippen LogP contribution in [0, 0.1) is 6.92 Å². The average molecular weight is 476 g/mol. The van der Waals surface area contributed by atoms with Crippen molar-refractivity contribution in [1.82, 2.24) is 14.7 Å². The number of aliphatic hydroxyl groups is 1. The van der Waals surface area contributed by atoms with E-state index >= 15 is 0 Å². The Labute approximate surface area is 206 Å². The number of rotatable bonds is 12. The number of nitrogens with zero attached hydrogens (tertiary/aromatic N) is 3. The number of hydrogen-bond donors (Lipinski definition) is 1. The normalized spacial score (nSPS) is 12.1. The Balaban J connectivity index is 1.70. The van der Waals surface area contributed by atoms with Crippen LogP contribution < -0.4 is 9.47 Å². The van der Waals surface area contributed by atoms with Gasteiger partial charge in [-0.15, -0.1) is 0 Å². The fourth-order valence-electron chi connectivity index (χ4n) is 4.08. The third-order valence-electron chi connectivity index (χ3n) is 5.84. The lowest BCUT2D eigenvalue weighted by atomic mass is 10.1. The van der Waals surface area contributed by atoms with Crippen molar-refractivity contribution in [3.05, 3.63) is 90.0 Å². The van der Waals surface area contributed by atoms with Crippen molar-refractivity contribution < 1.29 is 19.0 Å². The number of ether oxygens (including phenoxy) is 2. The first-order valence-electron chi connectivity index (χ1n) is 12.0. The summed E-state index contributed by atoms with van der Waals surface area (Å²) < 4.78 is 19.2. The lowest BCUT2D eigenvalue weighted by Crippen LogP contribution is -2.31. The Morgan fingerprint density at radius 1 is 1.00 bits per heavy atom. The van der Waals surface area contributed by atoms with E-state index in [0.717, 1.165) is 41.3 Å². The number of methoxy groups -OCH3 is 1. The quantitative estimate of drug-likeness (QED) is 0.282. The highest BCUT2D eigenvalue weighted by Crippen LogP contribution is 2.32. The maximum absolute atomic E-state index is 10.6. The maximum Gasteiger partial charge on any atom is 0.227 e. The topological polar surface area (TPSA) is 72.9 Å². The van der Waals surface area contributed by atoms with Gasteiger partial charge >= 0.3 is 0 Å². The SMILES string of the molecule is CCC[C@H](O)CN(Cc1ccco1)Cc1c(C)nn(-c2ccccc2)c1Oc1ccc(OC)cc1. The first-order valence-corrected chi connectivity index (χ1v) is 12.0. The van der Waals surface area contributed by atoms with Gasteiger partial charge in [0, 0.05) is 13.1 Å². The highest BCUT2D eigenvalue weighted by Gasteiger charge is 2.23. The zero-order valence-electron chi connectivity index (χ0n) is 20.6. The molecule has 0 aliphatic carbocycles. The monoisotopic (exact) mass is 475 g/mol. The molecular formula is C28H33N3O4. The van der Waals surface area contributed by atoms with Crippen LogP contribution in [0.5, 0.6) is 17.4 Å². The molecule has 0 aliphatic rings. The summed E-state index contributed by atoms with van der Waals surface area (Å²) in [6.45, 7) is 5.71. The van der Waals surface area contributed by atoms with Gasteiger partial charge in [0.05, 0.1) is 43.0 Å². The van der Waals surface area contributed by atoms with Crippen LogP contribution in [0.2, 0.25) is 0 Å². The van der Waals surface area contributed by atoms with Crippen LogP contribution in [-0.4, -0.2) is 39.5 Å². The summed E-state index contributed by atoms with van der Waals surface area (Å²) in [6.07, 6.45) is 2.91. The molecule has 7 heteroatoms. The second-order valence-electron chi connectivity index (χ2n) is 8.59. The van der Waals surface area contributed by atoms with Crippen molar-refractivity contribution in [2.75, 3.05) is 13.7 Å². The van der Waals surface area contributed by atoms with Crippen molar-refractivity contribution in [1.29, 1.82) is 0 Å². The Kier molecular flexibility index (Phi) is 8.23. The summed E-state index contributed by atoms with van der Waals surface area (Å²) >= 11 is 0. The van der Waals surface area contributed by atoms with Gasteiger partial charge in [-0.25, -0.2) is 4.68 Å². The number of aryl methyl sites for hydroxylation is 1. The molecule has 0 saturated carbocycles. The molecule has 1 atom stereocenters. The molecule has 4 rings (SSSR count). The Morgan fingerprint density at radius 2 is 1.74 bits per heavy atom. The zero-order chi connectivity index (χ0) is 24.6. The third-order valence-corrected chi connectivity index (χ3v) is 5.84. The van der Waals surface area contributed by atoms with Crippen molar-refractivity contribution >= 4 is 0 Å². The van der Waals surface area contributed by atoms with Gasteiger partial charge in [0.1, 0.15) is 17.3 Å². The molecule has 0 saturated heterocycles. The number of para-hydroxylation sites is 1. The molecule has 0 amide bonds. The van der Waals surface area contributed by atoms with Crippen molar-refractivity contribution in [3.63, 3.8) is 0 Å². The van der Waals surface area contributed by atoms with Gasteiger partial charge in [0.2, 0.25) is 5.88 Å². The summed E-state index contributed by atoms with van der Waals surface area (Å²) in [5.41, 5.74) is 2.74. The van der Waals surface area contributed by atoms with Gasteiger partial charge in [0.25, 0.3) is 0 Å². The number of benzene rings is 2. The molecule has 0 fully saturated rings. The summed E-state index contributed by atoms with van der Waals surface area (Å²) in [5.74, 6) is 2.94. The van der Waals surface area contributed by atoms with Crippen LogP contribution in [0.4, 0.5) is 0 Å². The van der Waals surface area contributed by atoms with E-state index in [1.807, 2.05) is 78.3 Å². The van der Waals surface area contributed by atoms with Crippen LogP contribution >= 0.6 is 0 Å². The smallest absolute Gasteiger partial charge is 0.227 e. The Bertz CT molecular complexity index is 1170. The molecule has 2 heterocycles. The van der Waals surface area contributed by atoms with Gasteiger partial charge in [-0.05, 0) is 61.9 Å². The van der Waals surface area contributed by atoms with E-state index in [-0.39, 0.29) is 0 Å². The van der Waals surface area contributed by atoms with E-state index in [4.69, 9.17) is 19.0 Å². The molecule has 0 bridgehead atoms. The van der Waals surface area contributed by atoms with Crippen LogP contribution in [-0.2, 0) is 13.1 Å². The number of aliphatic hydroxyl groups excluding tert-OH is 1. The second kappa shape index (κ2) is 11.7. The summed E-state index contributed by atoms with van der Waals surface area (Å²) in [4.78, 5) is 2.18. The van der Waals surface area contributed by atoms with Gasteiger partial charge in [-0.1, -0.05) is 31.5 Å². The van der Waals surface area contributed by atoms with E-state index in [1.165, 1.54) is 0 Å². The first-order chi connectivity index (χ1) is 17.1. The van der Waals surface area contributed by atoms with Gasteiger partial charge < -0.3 is 19.0 Å². The van der Waals surface area contributed by atoms with E-state index in [9.17, 15) is 5.11 Å². The predicted octanol–water partition coefficient (Wildman–Crippen LogP) is 5.74. The summed E-state index contributed by atoms with van der Waals surface area (Å²) in [5, 5.41) is 15.4. The minimum atomic E-state index is -0.426. The molecule has 35 heavy (non-hydrogen) atoms. The molecule has 0 radical (unpaired) electrons. The van der Waals surface area contributed by atoms with Crippen molar-refractivity contribution in [2.24, 2.45) is 0 Å². The molecule has 184 valence electrons. The molecule has 0 spiro atoms. The molecular weight excluding hydrogens is 442 g/mol. The summed E-state index contributed by atoms with van der Waals surface area (Å²) in [6, 6.07) is 21.3. The molecule has 0 unspecified atom stereocenters. The highest BCUT2D eigenvalue weighted by molar-refractivity contribution is 5.44. The molecule has 7 nitrogen and oxygen atoms in total. The fraction of sp³-hybridized carbons (Fsp3) is 0.321. The minimum absolute atomic E-state index is 0.426. The van der Waals surface area contributed by atoms with Gasteiger partial charge in [-0.3, -0.25) is 4.90 Å². The van der Waals surface area contributed by atoms with E-state index < -0.39 is 6.10 Å². The predicted molar refractivity (Wildman–Crippen MR) is 135 cm³/mol.